The molecular formula is C65H42N4. The molecule has 15 aromatic rings. The minimum atomic E-state index is 1.14. The Morgan fingerprint density at radius 1 is 0.275 bits per heavy atom. The van der Waals surface area contributed by atoms with E-state index in [1.807, 2.05) is 0 Å². The van der Waals surface area contributed by atoms with E-state index in [4.69, 9.17) is 0 Å². The zero-order valence-electron chi connectivity index (χ0n) is 37.8. The summed E-state index contributed by atoms with van der Waals surface area (Å²) < 4.78 is 9.73. The highest BCUT2D eigenvalue weighted by atomic mass is 15.0. The van der Waals surface area contributed by atoms with Crippen molar-refractivity contribution in [2.24, 2.45) is 7.05 Å². The van der Waals surface area contributed by atoms with Crippen LogP contribution >= 0.6 is 0 Å². The molecule has 4 heteroatoms. The molecule has 0 radical (unpaired) electrons. The number of benzene rings is 11. The molecular weight excluding hydrogens is 837 g/mol. The largest absolute Gasteiger partial charge is 0.343 e. The minimum absolute atomic E-state index is 1.14. The van der Waals surface area contributed by atoms with Gasteiger partial charge in [-0.15, -0.1) is 0 Å². The summed E-state index contributed by atoms with van der Waals surface area (Å²) in [7, 11) is 2.19. The maximum Gasteiger partial charge on any atom is 0.0568 e. The molecule has 0 fully saturated rings. The predicted molar refractivity (Wildman–Crippen MR) is 292 cm³/mol. The highest BCUT2D eigenvalue weighted by molar-refractivity contribution is 6.19. The average Bonchev–Trinajstić information content (AvgIpc) is 4.12. The molecule has 0 unspecified atom stereocenters. The molecule has 0 saturated heterocycles. The van der Waals surface area contributed by atoms with Crippen LogP contribution in [0.25, 0.3) is 137 Å². The second-order valence-corrected chi connectivity index (χ2v) is 18.6. The molecule has 0 atom stereocenters. The van der Waals surface area contributed by atoms with Gasteiger partial charge in [-0.1, -0.05) is 146 Å². The second-order valence-electron chi connectivity index (χ2n) is 18.6. The van der Waals surface area contributed by atoms with Gasteiger partial charge in [-0.25, -0.2) is 0 Å². The summed E-state index contributed by atoms with van der Waals surface area (Å²) in [5.74, 6) is 0. The van der Waals surface area contributed by atoms with Gasteiger partial charge in [-0.3, -0.25) is 0 Å². The first-order valence-corrected chi connectivity index (χ1v) is 23.8. The monoisotopic (exact) mass is 878 g/mol. The lowest BCUT2D eigenvalue weighted by Crippen LogP contribution is -1.96. The fraction of sp³-hybridized carbons (Fsp3) is 0.0154. The fourth-order valence-corrected chi connectivity index (χ4v) is 11.9. The van der Waals surface area contributed by atoms with Gasteiger partial charge in [0.2, 0.25) is 0 Å². The van der Waals surface area contributed by atoms with Crippen molar-refractivity contribution in [3.8, 4) is 39.3 Å². The number of fused-ring (bicyclic) bond motifs is 13. The van der Waals surface area contributed by atoms with Crippen LogP contribution < -0.4 is 0 Å². The van der Waals surface area contributed by atoms with Crippen molar-refractivity contribution >= 4 is 98.0 Å². The van der Waals surface area contributed by atoms with E-state index in [-0.39, 0.29) is 0 Å². The maximum atomic E-state index is 2.52. The van der Waals surface area contributed by atoms with Crippen molar-refractivity contribution < 1.29 is 0 Å². The zero-order chi connectivity index (χ0) is 45.3. The molecule has 4 aromatic heterocycles. The highest BCUT2D eigenvalue weighted by Gasteiger charge is 2.22. The van der Waals surface area contributed by atoms with E-state index in [1.54, 1.807) is 0 Å². The Balaban J connectivity index is 0.982. The van der Waals surface area contributed by atoms with Crippen LogP contribution in [-0.4, -0.2) is 18.3 Å². The third kappa shape index (κ3) is 5.45. The van der Waals surface area contributed by atoms with E-state index in [0.717, 1.165) is 17.1 Å². The first-order valence-electron chi connectivity index (χ1n) is 23.8. The molecule has 0 N–H and O–H groups in total. The molecule has 69 heavy (non-hydrogen) atoms. The summed E-state index contributed by atoms with van der Waals surface area (Å²) in [6.45, 7) is 0. The number of hydrogen-bond acceptors (Lipinski definition) is 0. The number of aryl methyl sites for hydroxylation is 1. The van der Waals surface area contributed by atoms with Crippen LogP contribution in [0.2, 0.25) is 0 Å². The third-order valence-corrected chi connectivity index (χ3v) is 14.9. The Morgan fingerprint density at radius 3 is 1.58 bits per heavy atom. The molecule has 15 rings (SSSR count). The van der Waals surface area contributed by atoms with E-state index in [2.05, 4.69) is 262 Å². The van der Waals surface area contributed by atoms with Gasteiger partial charge < -0.3 is 18.3 Å². The second kappa shape index (κ2) is 14.4. The Kier molecular flexibility index (Phi) is 7.96. The van der Waals surface area contributed by atoms with Crippen LogP contribution in [0, 0.1) is 0 Å². The fourth-order valence-electron chi connectivity index (χ4n) is 11.9. The first-order chi connectivity index (χ1) is 34.2. The van der Waals surface area contributed by atoms with Gasteiger partial charge in [-0.05, 0) is 118 Å². The van der Waals surface area contributed by atoms with E-state index >= 15 is 0 Å². The number of hydrogen-bond donors (Lipinski definition) is 0. The summed E-state index contributed by atoms with van der Waals surface area (Å²) in [6.07, 6.45) is 0. The van der Waals surface area contributed by atoms with Gasteiger partial charge in [0.1, 0.15) is 0 Å². The summed E-state index contributed by atoms with van der Waals surface area (Å²) in [5.41, 5.74) is 17.9. The average molecular weight is 879 g/mol. The van der Waals surface area contributed by atoms with E-state index in [0.29, 0.717) is 0 Å². The lowest BCUT2D eigenvalue weighted by Gasteiger charge is -2.12. The predicted octanol–water partition coefficient (Wildman–Crippen LogP) is 17.1. The lowest BCUT2D eigenvalue weighted by atomic mass is 9.98. The van der Waals surface area contributed by atoms with Crippen molar-refractivity contribution in [2.45, 2.75) is 0 Å². The van der Waals surface area contributed by atoms with Gasteiger partial charge in [0.25, 0.3) is 0 Å². The third-order valence-electron chi connectivity index (χ3n) is 14.9. The smallest absolute Gasteiger partial charge is 0.0568 e. The van der Waals surface area contributed by atoms with Crippen molar-refractivity contribution in [1.82, 2.24) is 18.3 Å². The summed E-state index contributed by atoms with van der Waals surface area (Å²) in [6, 6.07) is 87.4. The maximum absolute atomic E-state index is 2.52. The quantitative estimate of drug-likeness (QED) is 0.164. The van der Waals surface area contributed by atoms with E-state index in [1.165, 1.54) is 120 Å². The first kappa shape index (κ1) is 38.0. The van der Waals surface area contributed by atoms with Gasteiger partial charge in [0.05, 0.1) is 44.3 Å². The van der Waals surface area contributed by atoms with Crippen molar-refractivity contribution in [2.75, 3.05) is 0 Å². The standard InChI is InChI=1S/C65H42N4/c1-66-56-25-11-8-21-50(56)53-24-14-23-48(65(53)66)44-31-30-42-37-54-51-22-10-13-27-58(51)69(63(54)40-45(42)36-44)61-29-15-28-60-64(61)55-38-41(33-35-59(55)67(60)46-16-4-2-5-17-46)43-32-34-52-49-20-9-12-26-57(49)68(62(52)39-43)47-18-6-3-7-19-47/h2-40H,1H3. The van der Waals surface area contributed by atoms with Crippen LogP contribution in [0.1, 0.15) is 0 Å². The topological polar surface area (TPSA) is 19.7 Å². The number of aromatic nitrogens is 4. The Hall–Kier alpha value is -9.12. The Morgan fingerprint density at radius 2 is 0.812 bits per heavy atom. The molecule has 4 heterocycles. The van der Waals surface area contributed by atoms with Crippen LogP contribution in [-0.2, 0) is 7.05 Å². The molecule has 11 aromatic carbocycles. The molecule has 0 aliphatic heterocycles. The number of para-hydroxylation sites is 6. The van der Waals surface area contributed by atoms with Crippen molar-refractivity contribution in [3.05, 3.63) is 237 Å². The van der Waals surface area contributed by atoms with Crippen LogP contribution in [0.5, 0.6) is 0 Å². The van der Waals surface area contributed by atoms with E-state index < -0.39 is 0 Å². The van der Waals surface area contributed by atoms with Gasteiger partial charge >= 0.3 is 0 Å². The van der Waals surface area contributed by atoms with Crippen LogP contribution in [0.15, 0.2) is 237 Å². The molecule has 0 spiro atoms. The molecule has 0 saturated carbocycles. The normalized spacial score (nSPS) is 12.1. The highest BCUT2D eigenvalue weighted by Crippen LogP contribution is 2.44. The van der Waals surface area contributed by atoms with Crippen LogP contribution in [0.3, 0.4) is 0 Å². The molecule has 322 valence electrons. The molecule has 0 amide bonds. The Bertz CT molecular complexity index is 4600. The molecule has 0 aliphatic rings. The van der Waals surface area contributed by atoms with Gasteiger partial charge in [0, 0.05) is 72.6 Å². The summed E-state index contributed by atoms with van der Waals surface area (Å²) in [5, 5.41) is 12.4. The van der Waals surface area contributed by atoms with Crippen molar-refractivity contribution in [3.63, 3.8) is 0 Å². The molecule has 4 nitrogen and oxygen atoms in total. The number of rotatable bonds is 5. The summed E-state index contributed by atoms with van der Waals surface area (Å²) in [4.78, 5) is 0. The summed E-state index contributed by atoms with van der Waals surface area (Å²) >= 11 is 0. The molecule has 0 aliphatic carbocycles. The lowest BCUT2D eigenvalue weighted by molar-refractivity contribution is 1.02. The zero-order valence-corrected chi connectivity index (χ0v) is 37.8. The molecule has 0 bridgehead atoms. The number of nitrogens with zero attached hydrogens (tertiary/aromatic N) is 4. The Labute approximate surface area is 397 Å². The minimum Gasteiger partial charge on any atom is -0.343 e. The van der Waals surface area contributed by atoms with E-state index in [9.17, 15) is 0 Å². The SMILES string of the molecule is Cn1c2ccccc2c2cccc(-c3ccc4cc5c6ccccc6n(-c6cccc7c6c6cc(-c8ccc9c%10ccccc%10n(-c%10ccccc%10)c9c8)ccc6n7-c6ccccc6)c5cc4c3)c21. The van der Waals surface area contributed by atoms with Gasteiger partial charge in [0.15, 0.2) is 0 Å². The van der Waals surface area contributed by atoms with Crippen molar-refractivity contribution in [1.29, 1.82) is 0 Å². The van der Waals surface area contributed by atoms with Crippen LogP contribution in [0.4, 0.5) is 0 Å². The van der Waals surface area contributed by atoms with Gasteiger partial charge in [-0.2, -0.15) is 0 Å².